The van der Waals surface area contributed by atoms with Crippen LogP contribution in [0.1, 0.15) is 47.0 Å². The highest BCUT2D eigenvalue weighted by Crippen LogP contribution is 2.28. The maximum absolute atomic E-state index is 10.7. The molecule has 0 bridgehead atoms. The molecule has 0 spiro atoms. The van der Waals surface area contributed by atoms with Crippen molar-refractivity contribution < 1.29 is 9.90 Å². The van der Waals surface area contributed by atoms with Gasteiger partial charge < -0.3 is 9.90 Å². The van der Waals surface area contributed by atoms with E-state index >= 15 is 0 Å². The number of hydrogen-bond donors (Lipinski definition) is 1. The molecule has 0 saturated carbocycles. The van der Waals surface area contributed by atoms with Crippen molar-refractivity contribution in [1.29, 1.82) is 0 Å². The van der Waals surface area contributed by atoms with Gasteiger partial charge in [-0.05, 0) is 25.7 Å². The van der Waals surface area contributed by atoms with Gasteiger partial charge in [0.25, 0.3) is 0 Å². The summed E-state index contributed by atoms with van der Waals surface area (Å²) in [5.74, 6) is 0.392. The lowest BCUT2D eigenvalue weighted by Gasteiger charge is -2.25. The zero-order chi connectivity index (χ0) is 10.5. The second-order valence-electron chi connectivity index (χ2n) is 4.62. The van der Waals surface area contributed by atoms with E-state index in [2.05, 4.69) is 6.92 Å². The summed E-state index contributed by atoms with van der Waals surface area (Å²) in [6.07, 6.45) is 3.65. The highest BCUT2D eigenvalue weighted by atomic mass is 16.3. The molecule has 2 nitrogen and oxygen atoms in total. The van der Waals surface area contributed by atoms with Gasteiger partial charge in [-0.25, -0.2) is 0 Å². The van der Waals surface area contributed by atoms with Crippen molar-refractivity contribution in [3.05, 3.63) is 0 Å². The van der Waals surface area contributed by atoms with Gasteiger partial charge in [0.05, 0.1) is 6.10 Å². The zero-order valence-corrected chi connectivity index (χ0v) is 9.21. The molecule has 0 aliphatic rings. The van der Waals surface area contributed by atoms with Crippen molar-refractivity contribution in [2.45, 2.75) is 53.1 Å². The van der Waals surface area contributed by atoms with E-state index in [9.17, 15) is 4.79 Å². The quantitative estimate of drug-likeness (QED) is 0.647. The number of aliphatic hydroxyl groups is 1. The summed E-state index contributed by atoms with van der Waals surface area (Å²) in [5.41, 5.74) is -0.224. The summed E-state index contributed by atoms with van der Waals surface area (Å²) in [4.78, 5) is 10.7. The van der Waals surface area contributed by atoms with Crippen LogP contribution in [0.5, 0.6) is 0 Å². The number of hydrogen-bond acceptors (Lipinski definition) is 2. The molecule has 0 heterocycles. The molecule has 0 aromatic carbocycles. The highest BCUT2D eigenvalue weighted by molar-refractivity contribution is 5.58. The van der Waals surface area contributed by atoms with E-state index in [1.54, 1.807) is 6.92 Å². The first-order valence-electron chi connectivity index (χ1n) is 5.04. The molecule has 1 N–H and O–H groups in total. The van der Waals surface area contributed by atoms with E-state index < -0.39 is 0 Å². The van der Waals surface area contributed by atoms with E-state index in [0.29, 0.717) is 5.92 Å². The van der Waals surface area contributed by atoms with Gasteiger partial charge >= 0.3 is 0 Å². The summed E-state index contributed by atoms with van der Waals surface area (Å²) >= 11 is 0. The van der Waals surface area contributed by atoms with Crippen molar-refractivity contribution in [1.82, 2.24) is 0 Å². The van der Waals surface area contributed by atoms with Crippen LogP contribution in [0.3, 0.4) is 0 Å². The Morgan fingerprint density at radius 1 is 1.31 bits per heavy atom. The minimum atomic E-state index is -0.224. The third-order valence-corrected chi connectivity index (χ3v) is 2.83. The Morgan fingerprint density at radius 3 is 2.23 bits per heavy atom. The van der Waals surface area contributed by atoms with Gasteiger partial charge in [-0.3, -0.25) is 0 Å². The zero-order valence-electron chi connectivity index (χ0n) is 9.21. The molecular formula is C11H22O2. The third-order valence-electron chi connectivity index (χ3n) is 2.83. The van der Waals surface area contributed by atoms with Crippen LogP contribution in [-0.4, -0.2) is 17.5 Å². The second kappa shape index (κ2) is 5.38. The monoisotopic (exact) mass is 186 g/mol. The molecule has 0 aliphatic heterocycles. The predicted molar refractivity (Wildman–Crippen MR) is 54.5 cm³/mol. The van der Waals surface area contributed by atoms with Crippen LogP contribution < -0.4 is 0 Å². The fourth-order valence-electron chi connectivity index (χ4n) is 1.21. The lowest BCUT2D eigenvalue weighted by atomic mass is 9.78. The Bertz CT molecular complexity index is 150. The molecule has 78 valence electrons. The lowest BCUT2D eigenvalue weighted by molar-refractivity contribution is -0.116. The number of carbonyl (C=O) groups excluding carboxylic acids is 1. The van der Waals surface area contributed by atoms with Crippen LogP contribution >= 0.6 is 0 Å². The van der Waals surface area contributed by atoms with Gasteiger partial charge in [0.15, 0.2) is 0 Å². The highest BCUT2D eigenvalue weighted by Gasteiger charge is 2.24. The average Bonchev–Trinajstić information content (AvgIpc) is 2.03. The molecule has 13 heavy (non-hydrogen) atoms. The first-order valence-corrected chi connectivity index (χ1v) is 5.04. The van der Waals surface area contributed by atoms with Gasteiger partial charge in [0.1, 0.15) is 6.29 Å². The van der Waals surface area contributed by atoms with E-state index in [4.69, 9.17) is 5.11 Å². The summed E-state index contributed by atoms with van der Waals surface area (Å²) in [6.45, 7) is 7.83. The summed E-state index contributed by atoms with van der Waals surface area (Å²) in [7, 11) is 0. The molecule has 0 amide bonds. The van der Waals surface area contributed by atoms with Crippen LogP contribution in [0.15, 0.2) is 0 Å². The molecule has 0 saturated heterocycles. The smallest absolute Gasteiger partial charge is 0.125 e. The number of aldehydes is 1. The molecule has 0 aliphatic carbocycles. The van der Waals surface area contributed by atoms with Gasteiger partial charge in [-0.15, -0.1) is 0 Å². The van der Waals surface area contributed by atoms with Crippen LogP contribution in [0.25, 0.3) is 0 Å². The van der Waals surface area contributed by atoms with Gasteiger partial charge in [0.2, 0.25) is 0 Å². The molecular weight excluding hydrogens is 164 g/mol. The third kappa shape index (κ3) is 5.04. The number of carbonyl (C=O) groups is 1. The number of rotatable bonds is 6. The Kier molecular flexibility index (Phi) is 5.23. The molecule has 0 fully saturated rings. The minimum absolute atomic E-state index is 0.216. The topological polar surface area (TPSA) is 37.3 Å². The van der Waals surface area contributed by atoms with Gasteiger partial charge in [-0.2, -0.15) is 0 Å². The molecule has 2 heteroatoms. The van der Waals surface area contributed by atoms with Gasteiger partial charge in [-0.1, -0.05) is 27.2 Å². The molecule has 2 unspecified atom stereocenters. The summed E-state index contributed by atoms with van der Waals surface area (Å²) < 4.78 is 0. The van der Waals surface area contributed by atoms with Crippen molar-refractivity contribution in [2.75, 3.05) is 0 Å². The molecule has 0 radical (unpaired) electrons. The fourth-order valence-corrected chi connectivity index (χ4v) is 1.21. The van der Waals surface area contributed by atoms with E-state index in [1.165, 1.54) is 0 Å². The SMILES string of the molecule is CC(O)CCCC(C)C(C)(C)C=O. The van der Waals surface area contributed by atoms with Crippen molar-refractivity contribution in [2.24, 2.45) is 11.3 Å². The first kappa shape index (κ1) is 12.6. The Balaban J connectivity index is 3.74. The van der Waals surface area contributed by atoms with E-state index in [0.717, 1.165) is 25.5 Å². The van der Waals surface area contributed by atoms with Crippen LogP contribution in [0.4, 0.5) is 0 Å². The fraction of sp³-hybridized carbons (Fsp3) is 0.909. The Morgan fingerprint density at radius 2 is 1.85 bits per heavy atom. The average molecular weight is 186 g/mol. The largest absolute Gasteiger partial charge is 0.393 e. The van der Waals surface area contributed by atoms with Crippen molar-refractivity contribution in [3.8, 4) is 0 Å². The Hall–Kier alpha value is -0.370. The normalized spacial score (nSPS) is 16.7. The van der Waals surface area contributed by atoms with E-state index in [1.807, 2.05) is 13.8 Å². The summed E-state index contributed by atoms with van der Waals surface area (Å²) in [6, 6.07) is 0. The van der Waals surface area contributed by atoms with Gasteiger partial charge in [0, 0.05) is 5.41 Å². The molecule has 2 atom stereocenters. The molecule has 0 rings (SSSR count). The second-order valence-corrected chi connectivity index (χ2v) is 4.62. The standard InChI is InChI=1S/C11H22O2/c1-9(11(3,4)8-12)6-5-7-10(2)13/h8-10,13H,5-7H2,1-4H3. The number of aliphatic hydroxyl groups excluding tert-OH is 1. The minimum Gasteiger partial charge on any atom is -0.393 e. The predicted octanol–water partition coefficient (Wildman–Crippen LogP) is 2.40. The van der Waals surface area contributed by atoms with Crippen LogP contribution in [0, 0.1) is 11.3 Å². The van der Waals surface area contributed by atoms with Crippen LogP contribution in [-0.2, 0) is 4.79 Å². The summed E-state index contributed by atoms with van der Waals surface area (Å²) in [5, 5.41) is 9.06. The Labute approximate surface area is 81.3 Å². The van der Waals surface area contributed by atoms with Crippen molar-refractivity contribution in [3.63, 3.8) is 0 Å². The molecule has 0 aromatic rings. The maximum atomic E-state index is 10.7. The van der Waals surface area contributed by atoms with Crippen molar-refractivity contribution >= 4 is 6.29 Å². The first-order chi connectivity index (χ1) is 5.90. The van der Waals surface area contributed by atoms with Crippen LogP contribution in [0.2, 0.25) is 0 Å². The molecule has 0 aromatic heterocycles. The van der Waals surface area contributed by atoms with E-state index in [-0.39, 0.29) is 11.5 Å². The lowest BCUT2D eigenvalue weighted by Crippen LogP contribution is -2.23. The maximum Gasteiger partial charge on any atom is 0.125 e.